The van der Waals surface area contributed by atoms with Gasteiger partial charge >= 0.3 is 0 Å². The third kappa shape index (κ3) is 3.80. The van der Waals surface area contributed by atoms with E-state index in [1.165, 1.54) is 5.56 Å². The zero-order chi connectivity index (χ0) is 15.0. The molecule has 3 rings (SSSR count). The highest BCUT2D eigenvalue weighted by Crippen LogP contribution is 2.17. The normalized spacial score (nSPS) is 10.7. The van der Waals surface area contributed by atoms with Crippen molar-refractivity contribution in [2.75, 3.05) is 25.1 Å². The third-order valence-electron chi connectivity index (χ3n) is 3.46. The number of anilines is 1. The topological polar surface area (TPSA) is 47.0 Å². The summed E-state index contributed by atoms with van der Waals surface area (Å²) in [6.07, 6.45) is 2.53. The lowest BCUT2D eigenvalue weighted by atomic mass is 10.2. The van der Waals surface area contributed by atoms with Crippen molar-refractivity contribution in [2.45, 2.75) is 6.42 Å². The fourth-order valence-electron chi connectivity index (χ4n) is 2.32. The van der Waals surface area contributed by atoms with Gasteiger partial charge in [-0.15, -0.1) is 0 Å². The molecular formula is C18H19N3O. The second-order valence-electron chi connectivity index (χ2n) is 5.01. The Morgan fingerprint density at radius 1 is 0.864 bits per heavy atom. The fraction of sp³-hybridized carbons (Fsp3) is 0.222. The van der Waals surface area contributed by atoms with Crippen LogP contribution in [0.25, 0.3) is 10.9 Å². The Morgan fingerprint density at radius 3 is 2.59 bits per heavy atom. The predicted molar refractivity (Wildman–Crippen MR) is 89.0 cm³/mol. The van der Waals surface area contributed by atoms with Crippen LogP contribution in [0.4, 0.5) is 5.82 Å². The zero-order valence-electron chi connectivity index (χ0n) is 12.4. The van der Waals surface area contributed by atoms with Crippen LogP contribution in [-0.2, 0) is 11.2 Å². The van der Waals surface area contributed by atoms with Crippen molar-refractivity contribution in [1.29, 1.82) is 0 Å². The summed E-state index contributed by atoms with van der Waals surface area (Å²) in [7, 11) is 0. The van der Waals surface area contributed by atoms with Gasteiger partial charge < -0.3 is 10.1 Å². The quantitative estimate of drug-likeness (QED) is 0.679. The van der Waals surface area contributed by atoms with Crippen LogP contribution >= 0.6 is 0 Å². The molecular weight excluding hydrogens is 274 g/mol. The van der Waals surface area contributed by atoms with Gasteiger partial charge in [0.15, 0.2) is 0 Å². The number of rotatable bonds is 7. The Bertz CT molecular complexity index is 710. The summed E-state index contributed by atoms with van der Waals surface area (Å²) in [4.78, 5) is 8.55. The summed E-state index contributed by atoms with van der Waals surface area (Å²) in [5.41, 5.74) is 2.25. The van der Waals surface area contributed by atoms with Crippen molar-refractivity contribution in [3.8, 4) is 0 Å². The number of nitrogens with zero attached hydrogens (tertiary/aromatic N) is 2. The van der Waals surface area contributed by atoms with Crippen molar-refractivity contribution in [3.05, 3.63) is 66.5 Å². The average molecular weight is 293 g/mol. The van der Waals surface area contributed by atoms with Gasteiger partial charge in [-0.1, -0.05) is 42.5 Å². The van der Waals surface area contributed by atoms with Gasteiger partial charge in [0, 0.05) is 11.9 Å². The van der Waals surface area contributed by atoms with Gasteiger partial charge in [0.05, 0.1) is 18.7 Å². The molecule has 3 aromatic rings. The Morgan fingerprint density at radius 2 is 1.68 bits per heavy atom. The number of hydrogen-bond donors (Lipinski definition) is 1. The van der Waals surface area contributed by atoms with Crippen molar-refractivity contribution in [1.82, 2.24) is 9.97 Å². The largest absolute Gasteiger partial charge is 0.379 e. The van der Waals surface area contributed by atoms with Crippen molar-refractivity contribution in [3.63, 3.8) is 0 Å². The van der Waals surface area contributed by atoms with Gasteiger partial charge in [0.25, 0.3) is 0 Å². The second-order valence-corrected chi connectivity index (χ2v) is 5.01. The van der Waals surface area contributed by atoms with E-state index in [2.05, 4.69) is 39.6 Å². The summed E-state index contributed by atoms with van der Waals surface area (Å²) in [6.45, 7) is 2.12. The molecule has 22 heavy (non-hydrogen) atoms. The molecule has 1 N–H and O–H groups in total. The van der Waals surface area contributed by atoms with E-state index < -0.39 is 0 Å². The van der Waals surface area contributed by atoms with Crippen LogP contribution in [0, 0.1) is 0 Å². The van der Waals surface area contributed by atoms with Crippen LogP contribution < -0.4 is 5.32 Å². The molecule has 1 heterocycles. The Labute approximate surface area is 130 Å². The zero-order valence-corrected chi connectivity index (χ0v) is 12.4. The van der Waals surface area contributed by atoms with Crippen LogP contribution in [-0.4, -0.2) is 29.7 Å². The number of fused-ring (bicyclic) bond motifs is 1. The summed E-state index contributed by atoms with van der Waals surface area (Å²) < 4.78 is 5.67. The van der Waals surface area contributed by atoms with E-state index in [0.717, 1.165) is 36.3 Å². The van der Waals surface area contributed by atoms with Gasteiger partial charge in [0.2, 0.25) is 0 Å². The van der Waals surface area contributed by atoms with E-state index in [4.69, 9.17) is 4.74 Å². The van der Waals surface area contributed by atoms with Gasteiger partial charge in [-0.3, -0.25) is 0 Å². The van der Waals surface area contributed by atoms with Crippen LogP contribution in [0.2, 0.25) is 0 Å². The first-order chi connectivity index (χ1) is 10.9. The predicted octanol–water partition coefficient (Wildman–Crippen LogP) is 3.30. The lowest BCUT2D eigenvalue weighted by molar-refractivity contribution is 0.147. The molecule has 0 aliphatic heterocycles. The lowest BCUT2D eigenvalue weighted by Gasteiger charge is -2.08. The standard InChI is InChI=1S/C18H19N3O/c1-2-6-15(7-3-1)10-12-22-13-11-19-18-16-8-4-5-9-17(16)20-14-21-18/h1-9,14H,10-13H2,(H,19,20,21). The van der Waals surface area contributed by atoms with Gasteiger partial charge in [0.1, 0.15) is 12.1 Å². The minimum atomic E-state index is 0.658. The molecule has 0 aliphatic carbocycles. The van der Waals surface area contributed by atoms with E-state index in [9.17, 15) is 0 Å². The SMILES string of the molecule is c1ccc(CCOCCNc2ncnc3ccccc23)cc1. The summed E-state index contributed by atoms with van der Waals surface area (Å²) in [6, 6.07) is 18.4. The molecule has 2 aromatic carbocycles. The second kappa shape index (κ2) is 7.52. The molecule has 0 amide bonds. The van der Waals surface area contributed by atoms with E-state index in [1.54, 1.807) is 6.33 Å². The summed E-state index contributed by atoms with van der Waals surface area (Å²) >= 11 is 0. The lowest BCUT2D eigenvalue weighted by Crippen LogP contribution is -2.12. The minimum absolute atomic E-state index is 0.658. The van der Waals surface area contributed by atoms with Gasteiger partial charge in [-0.2, -0.15) is 0 Å². The summed E-state index contributed by atoms with van der Waals surface area (Å²) in [5.74, 6) is 0.859. The number of aromatic nitrogens is 2. The van der Waals surface area contributed by atoms with Crippen molar-refractivity contribution in [2.24, 2.45) is 0 Å². The molecule has 4 nitrogen and oxygen atoms in total. The van der Waals surface area contributed by atoms with E-state index in [1.807, 2.05) is 30.3 Å². The smallest absolute Gasteiger partial charge is 0.137 e. The molecule has 0 unspecified atom stereocenters. The molecule has 4 heteroatoms. The minimum Gasteiger partial charge on any atom is -0.379 e. The average Bonchev–Trinajstić information content (AvgIpc) is 2.59. The molecule has 0 fully saturated rings. The molecule has 0 atom stereocenters. The van der Waals surface area contributed by atoms with Crippen LogP contribution in [0.3, 0.4) is 0 Å². The van der Waals surface area contributed by atoms with Gasteiger partial charge in [-0.05, 0) is 24.1 Å². The molecule has 0 spiro atoms. The number of para-hydroxylation sites is 1. The molecule has 0 bridgehead atoms. The molecule has 0 saturated heterocycles. The van der Waals surface area contributed by atoms with Crippen molar-refractivity contribution < 1.29 is 4.74 Å². The van der Waals surface area contributed by atoms with E-state index in [0.29, 0.717) is 6.61 Å². The first-order valence-corrected chi connectivity index (χ1v) is 7.49. The number of hydrogen-bond acceptors (Lipinski definition) is 4. The molecule has 0 saturated carbocycles. The molecule has 112 valence electrons. The molecule has 0 aliphatic rings. The highest BCUT2D eigenvalue weighted by Gasteiger charge is 2.01. The first-order valence-electron chi connectivity index (χ1n) is 7.49. The third-order valence-corrected chi connectivity index (χ3v) is 3.46. The van der Waals surface area contributed by atoms with E-state index >= 15 is 0 Å². The maximum atomic E-state index is 5.67. The maximum absolute atomic E-state index is 5.67. The number of nitrogens with one attached hydrogen (secondary N) is 1. The Hall–Kier alpha value is -2.46. The fourth-order valence-corrected chi connectivity index (χ4v) is 2.32. The summed E-state index contributed by atoms with van der Waals surface area (Å²) in [5, 5.41) is 4.35. The van der Waals surface area contributed by atoms with Crippen LogP contribution in [0.1, 0.15) is 5.56 Å². The number of ether oxygens (including phenoxy) is 1. The van der Waals surface area contributed by atoms with Crippen molar-refractivity contribution >= 4 is 16.7 Å². The van der Waals surface area contributed by atoms with Gasteiger partial charge in [-0.25, -0.2) is 9.97 Å². The highest BCUT2D eigenvalue weighted by atomic mass is 16.5. The van der Waals surface area contributed by atoms with Crippen LogP contribution in [0.15, 0.2) is 60.9 Å². The maximum Gasteiger partial charge on any atom is 0.137 e. The monoisotopic (exact) mass is 293 g/mol. The number of benzene rings is 2. The highest BCUT2D eigenvalue weighted by molar-refractivity contribution is 5.88. The Kier molecular flexibility index (Phi) is 4.95. The Balaban J connectivity index is 1.43. The van der Waals surface area contributed by atoms with E-state index in [-0.39, 0.29) is 0 Å². The first kappa shape index (κ1) is 14.5. The molecule has 0 radical (unpaired) electrons. The molecule has 1 aromatic heterocycles. The van der Waals surface area contributed by atoms with Crippen LogP contribution in [0.5, 0.6) is 0 Å².